The maximum atomic E-state index is 13.4. The quantitative estimate of drug-likeness (QED) is 0.143. The Hall–Kier alpha value is -2.62. The van der Waals surface area contributed by atoms with Gasteiger partial charge in [-0.2, -0.15) is 0 Å². The van der Waals surface area contributed by atoms with E-state index >= 15 is 0 Å². The van der Waals surface area contributed by atoms with E-state index in [1.54, 1.807) is 13.0 Å². The van der Waals surface area contributed by atoms with E-state index in [0.717, 1.165) is 74.5 Å². The molecule has 4 bridgehead atoms. The Morgan fingerprint density at radius 2 is 1.40 bits per heavy atom. The van der Waals surface area contributed by atoms with E-state index in [1.807, 2.05) is 19.9 Å². The van der Waals surface area contributed by atoms with Crippen LogP contribution < -0.4 is 0 Å². The lowest BCUT2D eigenvalue weighted by Crippen LogP contribution is -2.50. The highest BCUT2D eigenvalue weighted by atomic mass is 16.6. The Kier molecular flexibility index (Phi) is 9.45. The molecule has 0 aliphatic heterocycles. The summed E-state index contributed by atoms with van der Waals surface area (Å²) in [5, 5.41) is 0. The van der Waals surface area contributed by atoms with Gasteiger partial charge in [0.25, 0.3) is 0 Å². The van der Waals surface area contributed by atoms with Gasteiger partial charge in [-0.1, -0.05) is 61.6 Å². The number of esters is 2. The first kappa shape index (κ1) is 31.8. The van der Waals surface area contributed by atoms with Crippen LogP contribution >= 0.6 is 0 Å². The topological polar surface area (TPSA) is 52.6 Å². The highest BCUT2D eigenvalue weighted by molar-refractivity contribution is 5.88. The highest BCUT2D eigenvalue weighted by Gasteiger charge is 2.70. The lowest BCUT2D eigenvalue weighted by atomic mass is 9.58. The van der Waals surface area contributed by atoms with Crippen molar-refractivity contribution >= 4 is 11.9 Å². The second kappa shape index (κ2) is 12.8. The first-order valence-corrected chi connectivity index (χ1v) is 17.0. The highest BCUT2D eigenvalue weighted by Crippen LogP contribution is 2.72. The number of carbonyl (C=O) groups is 2. The molecule has 0 aromatic rings. The molecule has 4 heteroatoms. The molecule has 0 spiro atoms. The van der Waals surface area contributed by atoms with E-state index < -0.39 is 0 Å². The van der Waals surface area contributed by atoms with Crippen molar-refractivity contribution in [3.05, 3.63) is 72.4 Å². The minimum atomic E-state index is -0.389. The zero-order valence-corrected chi connectivity index (χ0v) is 27.4. The van der Waals surface area contributed by atoms with Crippen LogP contribution in [0, 0.1) is 46.8 Å². The molecule has 0 aromatic heterocycles. The minimum Gasteiger partial charge on any atom is -0.455 e. The number of hydrogen-bond donors (Lipinski definition) is 0. The molecule has 10 atom stereocenters. The summed E-state index contributed by atoms with van der Waals surface area (Å²) in [6.07, 6.45) is 33.5. The normalized spacial score (nSPS) is 42.7. The van der Waals surface area contributed by atoms with Crippen LogP contribution in [0.2, 0.25) is 0 Å². The van der Waals surface area contributed by atoms with Crippen LogP contribution in [-0.2, 0) is 19.1 Å². The van der Waals surface area contributed by atoms with Gasteiger partial charge >= 0.3 is 11.9 Å². The SMILES string of the molecule is C/C=C(\C)C(=O)OC1(C)C=CCCC1.C1=CCC=C1.CC1C2CC(C3C4C=CC(C4)C23)C1(C)C(=O)OC1(C)C=CCCC1. The molecule has 43 heavy (non-hydrogen) atoms. The van der Waals surface area contributed by atoms with Gasteiger partial charge in [-0.05, 0) is 146 Å². The third-order valence-electron chi connectivity index (χ3n) is 12.0. The zero-order valence-electron chi connectivity index (χ0n) is 27.4. The standard InChI is InChI=1S/C22H30O2.C12H18O2.C5H6/c1-13-16-12-17(19-15-8-7-14(11-15)18(16)19)22(13,3)20(23)24-21(2)9-5-4-6-10-21;1-4-10(2)11(13)14-12(3)8-6-5-7-9-12;1-2-4-5-3-1/h5,7-9,13-19H,4,6,10-12H2,1-3H3;4,6,8H,5,7,9H2,1-3H3;1-4H,5H2/b;10-4+;. The summed E-state index contributed by atoms with van der Waals surface area (Å²) in [5.74, 6) is 4.73. The van der Waals surface area contributed by atoms with Crippen LogP contribution in [0.25, 0.3) is 0 Å². The van der Waals surface area contributed by atoms with Crippen molar-refractivity contribution in [2.75, 3.05) is 0 Å². The van der Waals surface area contributed by atoms with Gasteiger partial charge in [-0.25, -0.2) is 4.79 Å². The monoisotopic (exact) mass is 586 g/mol. The summed E-state index contributed by atoms with van der Waals surface area (Å²) >= 11 is 0. The van der Waals surface area contributed by atoms with E-state index in [9.17, 15) is 9.59 Å². The Balaban J connectivity index is 0.000000164. The first-order valence-electron chi connectivity index (χ1n) is 17.0. The largest absolute Gasteiger partial charge is 0.455 e. The maximum Gasteiger partial charge on any atom is 0.334 e. The maximum absolute atomic E-state index is 13.4. The molecule has 10 unspecified atom stereocenters. The van der Waals surface area contributed by atoms with Crippen molar-refractivity contribution in [1.82, 2.24) is 0 Å². The molecule has 0 saturated heterocycles. The number of fused-ring (bicyclic) bond motifs is 9. The number of rotatable bonds is 4. The summed E-state index contributed by atoms with van der Waals surface area (Å²) < 4.78 is 11.6. The smallest absolute Gasteiger partial charge is 0.334 e. The van der Waals surface area contributed by atoms with Crippen molar-refractivity contribution in [3.63, 3.8) is 0 Å². The van der Waals surface area contributed by atoms with Crippen molar-refractivity contribution in [3.8, 4) is 0 Å². The molecule has 7 aliphatic rings. The molecule has 234 valence electrons. The van der Waals surface area contributed by atoms with Crippen molar-refractivity contribution in [2.45, 2.75) is 111 Å². The van der Waals surface area contributed by atoms with Gasteiger partial charge in [-0.3, -0.25) is 4.79 Å². The van der Waals surface area contributed by atoms with Crippen LogP contribution in [0.1, 0.15) is 99.3 Å². The van der Waals surface area contributed by atoms with Crippen LogP contribution in [0.5, 0.6) is 0 Å². The van der Waals surface area contributed by atoms with Crippen molar-refractivity contribution < 1.29 is 19.1 Å². The summed E-state index contributed by atoms with van der Waals surface area (Å²) in [5.41, 5.74) is -0.378. The molecule has 0 amide bonds. The van der Waals surface area contributed by atoms with Gasteiger partial charge in [0.1, 0.15) is 11.2 Å². The van der Waals surface area contributed by atoms with Gasteiger partial charge < -0.3 is 9.47 Å². The summed E-state index contributed by atoms with van der Waals surface area (Å²) in [6, 6.07) is 0. The van der Waals surface area contributed by atoms with Gasteiger partial charge in [-0.15, -0.1) is 0 Å². The number of ether oxygens (including phenoxy) is 2. The van der Waals surface area contributed by atoms with E-state index in [-0.39, 0.29) is 28.6 Å². The predicted molar refractivity (Wildman–Crippen MR) is 174 cm³/mol. The van der Waals surface area contributed by atoms with Gasteiger partial charge in [0.15, 0.2) is 0 Å². The fourth-order valence-corrected chi connectivity index (χ4v) is 9.25. The molecule has 0 aromatic carbocycles. The predicted octanol–water partition coefficient (Wildman–Crippen LogP) is 9.26. The van der Waals surface area contributed by atoms with E-state index in [1.165, 1.54) is 12.8 Å². The summed E-state index contributed by atoms with van der Waals surface area (Å²) in [7, 11) is 0. The molecule has 0 radical (unpaired) electrons. The number of carbonyl (C=O) groups excluding carboxylic acids is 2. The molecule has 7 rings (SSSR count). The molecule has 4 nitrogen and oxygen atoms in total. The Morgan fingerprint density at radius 1 is 0.814 bits per heavy atom. The van der Waals surface area contributed by atoms with E-state index in [4.69, 9.17) is 9.47 Å². The molecule has 0 N–H and O–H groups in total. The van der Waals surface area contributed by atoms with Crippen molar-refractivity contribution in [1.29, 1.82) is 0 Å². The number of allylic oxidation sites excluding steroid dienone is 9. The lowest BCUT2D eigenvalue weighted by molar-refractivity contribution is -0.176. The average molecular weight is 587 g/mol. The molecule has 7 aliphatic carbocycles. The molecular weight excluding hydrogens is 532 g/mol. The van der Waals surface area contributed by atoms with Crippen molar-refractivity contribution in [2.24, 2.45) is 46.8 Å². The van der Waals surface area contributed by atoms with Crippen LogP contribution in [0.3, 0.4) is 0 Å². The summed E-state index contributed by atoms with van der Waals surface area (Å²) in [6.45, 7) is 12.2. The first-order chi connectivity index (χ1) is 20.5. The minimum absolute atomic E-state index is 0.0850. The second-order valence-corrected chi connectivity index (χ2v) is 14.7. The molecule has 3 fully saturated rings. The molecule has 0 heterocycles. The Morgan fingerprint density at radius 3 is 1.91 bits per heavy atom. The molecular formula is C39H54O4. The fourth-order valence-electron chi connectivity index (χ4n) is 9.25. The average Bonchev–Trinajstić information content (AvgIpc) is 3.83. The zero-order chi connectivity index (χ0) is 30.8. The van der Waals surface area contributed by atoms with E-state index in [0.29, 0.717) is 17.4 Å². The van der Waals surface area contributed by atoms with Gasteiger partial charge in [0.05, 0.1) is 5.41 Å². The lowest BCUT2D eigenvalue weighted by Gasteiger charge is -2.47. The Bertz CT molecular complexity index is 1220. The summed E-state index contributed by atoms with van der Waals surface area (Å²) in [4.78, 5) is 24.9. The van der Waals surface area contributed by atoms with Gasteiger partial charge in [0, 0.05) is 5.57 Å². The fraction of sp³-hybridized carbons (Fsp3) is 0.641. The Labute approximate surface area is 260 Å². The van der Waals surface area contributed by atoms with Gasteiger partial charge in [0.2, 0.25) is 0 Å². The van der Waals surface area contributed by atoms with Crippen LogP contribution in [0.15, 0.2) is 72.4 Å². The third-order valence-corrected chi connectivity index (χ3v) is 12.0. The number of hydrogen-bond acceptors (Lipinski definition) is 4. The van der Waals surface area contributed by atoms with Crippen LogP contribution in [-0.4, -0.2) is 23.1 Å². The van der Waals surface area contributed by atoms with E-state index in [2.05, 4.69) is 75.5 Å². The second-order valence-electron chi connectivity index (χ2n) is 14.7. The third kappa shape index (κ3) is 6.31. The molecule has 3 saturated carbocycles. The van der Waals surface area contributed by atoms with Crippen LogP contribution in [0.4, 0.5) is 0 Å².